The first-order valence-electron chi connectivity index (χ1n) is 6.92. The van der Waals surface area contributed by atoms with E-state index in [0.29, 0.717) is 5.88 Å². The van der Waals surface area contributed by atoms with Crippen molar-refractivity contribution in [3.05, 3.63) is 17.3 Å². The number of ether oxygens (including phenoxy) is 1. The molecule has 6 nitrogen and oxygen atoms in total. The molecule has 2 heterocycles. The van der Waals surface area contributed by atoms with E-state index in [1.54, 1.807) is 4.68 Å². The summed E-state index contributed by atoms with van der Waals surface area (Å²) in [7, 11) is 1.85. The van der Waals surface area contributed by atoms with E-state index in [9.17, 15) is 4.79 Å². The van der Waals surface area contributed by atoms with Crippen molar-refractivity contribution >= 4 is 16.9 Å². The molecular weight excluding hydrogens is 268 g/mol. The summed E-state index contributed by atoms with van der Waals surface area (Å²) < 4.78 is 7.22. The predicted molar refractivity (Wildman–Crippen MR) is 81.4 cm³/mol. The molecule has 6 heteroatoms. The van der Waals surface area contributed by atoms with Crippen LogP contribution in [-0.4, -0.2) is 32.8 Å². The molecule has 2 aromatic rings. The highest BCUT2D eigenvalue weighted by molar-refractivity contribution is 5.82. The van der Waals surface area contributed by atoms with Crippen molar-refractivity contribution in [1.29, 1.82) is 0 Å². The fourth-order valence-corrected chi connectivity index (χ4v) is 2.30. The number of amides is 1. The fraction of sp³-hybridized carbons (Fsp3) is 0.533. The van der Waals surface area contributed by atoms with Crippen LogP contribution in [0.3, 0.4) is 0 Å². The number of nitrogens with zero attached hydrogens (tertiary/aromatic N) is 3. The number of nitrogens with one attached hydrogen (secondary N) is 1. The van der Waals surface area contributed by atoms with Crippen molar-refractivity contribution in [3.8, 4) is 5.88 Å². The molecular formula is C15H22N4O2. The molecule has 0 saturated heterocycles. The van der Waals surface area contributed by atoms with Crippen LogP contribution in [0, 0.1) is 13.8 Å². The number of aromatic nitrogens is 3. The lowest BCUT2D eigenvalue weighted by Crippen LogP contribution is -2.43. The molecule has 0 atom stereocenters. The Bertz CT molecular complexity index is 683. The van der Waals surface area contributed by atoms with Gasteiger partial charge in [-0.1, -0.05) is 0 Å². The molecule has 0 saturated carbocycles. The number of carbonyl (C=O) groups excluding carboxylic acids is 1. The minimum atomic E-state index is -0.271. The monoisotopic (exact) mass is 290 g/mol. The molecule has 2 aromatic heterocycles. The third-order valence-corrected chi connectivity index (χ3v) is 3.01. The number of hydrogen-bond donors (Lipinski definition) is 1. The summed E-state index contributed by atoms with van der Waals surface area (Å²) >= 11 is 0. The SMILES string of the molecule is Cc1cc(OCC(=O)NC(C)(C)C)nc2c1c(C)nn2C. The summed E-state index contributed by atoms with van der Waals surface area (Å²) in [4.78, 5) is 16.2. The van der Waals surface area contributed by atoms with E-state index in [4.69, 9.17) is 4.74 Å². The zero-order valence-electron chi connectivity index (χ0n) is 13.4. The van der Waals surface area contributed by atoms with Gasteiger partial charge in [0, 0.05) is 24.0 Å². The van der Waals surface area contributed by atoms with E-state index in [0.717, 1.165) is 22.3 Å². The predicted octanol–water partition coefficient (Wildman–Crippen LogP) is 1.88. The number of hydrogen-bond acceptors (Lipinski definition) is 4. The van der Waals surface area contributed by atoms with Crippen molar-refractivity contribution in [3.63, 3.8) is 0 Å². The van der Waals surface area contributed by atoms with Gasteiger partial charge < -0.3 is 10.1 Å². The van der Waals surface area contributed by atoms with Crippen molar-refractivity contribution in [2.24, 2.45) is 7.05 Å². The summed E-state index contributed by atoms with van der Waals surface area (Å²) in [6.45, 7) is 9.68. The van der Waals surface area contributed by atoms with Crippen LogP contribution in [0.25, 0.3) is 11.0 Å². The highest BCUT2D eigenvalue weighted by Crippen LogP contribution is 2.23. The molecule has 0 spiro atoms. The molecule has 0 radical (unpaired) electrons. The quantitative estimate of drug-likeness (QED) is 0.937. The summed E-state index contributed by atoms with van der Waals surface area (Å²) in [5.74, 6) is 0.273. The second kappa shape index (κ2) is 5.35. The first kappa shape index (κ1) is 15.3. The third-order valence-electron chi connectivity index (χ3n) is 3.01. The van der Waals surface area contributed by atoms with Gasteiger partial charge in [-0.15, -0.1) is 0 Å². The van der Waals surface area contributed by atoms with Crippen LogP contribution in [0.1, 0.15) is 32.0 Å². The van der Waals surface area contributed by atoms with Gasteiger partial charge in [-0.25, -0.2) is 0 Å². The van der Waals surface area contributed by atoms with Crippen molar-refractivity contribution in [2.45, 2.75) is 40.2 Å². The Morgan fingerprint density at radius 2 is 2.05 bits per heavy atom. The number of aryl methyl sites for hydroxylation is 3. The lowest BCUT2D eigenvalue weighted by atomic mass is 10.1. The molecule has 0 bridgehead atoms. The molecule has 1 amide bonds. The van der Waals surface area contributed by atoms with Crippen LogP contribution in [0.15, 0.2) is 6.07 Å². The van der Waals surface area contributed by atoms with Crippen LogP contribution >= 0.6 is 0 Å². The molecule has 0 aromatic carbocycles. The van der Waals surface area contributed by atoms with E-state index in [2.05, 4.69) is 15.4 Å². The van der Waals surface area contributed by atoms with Crippen LogP contribution in [-0.2, 0) is 11.8 Å². The first-order chi connectivity index (χ1) is 9.67. The van der Waals surface area contributed by atoms with Crippen molar-refractivity contribution in [2.75, 3.05) is 6.61 Å². The highest BCUT2D eigenvalue weighted by atomic mass is 16.5. The summed E-state index contributed by atoms with van der Waals surface area (Å²) in [5.41, 5.74) is 2.47. The van der Waals surface area contributed by atoms with Gasteiger partial charge in [0.15, 0.2) is 12.3 Å². The molecule has 1 N–H and O–H groups in total. The Labute approximate surface area is 124 Å². The molecule has 114 valence electrons. The fourth-order valence-electron chi connectivity index (χ4n) is 2.30. The van der Waals surface area contributed by atoms with Crippen LogP contribution in [0.4, 0.5) is 0 Å². The Morgan fingerprint density at radius 3 is 2.67 bits per heavy atom. The van der Waals surface area contributed by atoms with Gasteiger partial charge in [0.05, 0.1) is 5.69 Å². The Balaban J connectivity index is 2.17. The standard InChI is InChI=1S/C15H22N4O2/c1-9-7-12(21-8-11(20)17-15(3,4)5)16-14-13(9)10(2)18-19(14)6/h7H,8H2,1-6H3,(H,17,20). The molecule has 2 rings (SSSR count). The van der Waals surface area contributed by atoms with Gasteiger partial charge in [0.25, 0.3) is 5.91 Å². The van der Waals surface area contributed by atoms with Gasteiger partial charge in [-0.3, -0.25) is 9.48 Å². The lowest BCUT2D eigenvalue weighted by molar-refractivity contribution is -0.124. The van der Waals surface area contributed by atoms with Gasteiger partial charge in [0.1, 0.15) is 0 Å². The number of carbonyl (C=O) groups is 1. The van der Waals surface area contributed by atoms with E-state index in [1.807, 2.05) is 47.7 Å². The third kappa shape index (κ3) is 3.51. The lowest BCUT2D eigenvalue weighted by Gasteiger charge is -2.20. The molecule has 0 unspecified atom stereocenters. The van der Waals surface area contributed by atoms with Crippen molar-refractivity contribution < 1.29 is 9.53 Å². The van der Waals surface area contributed by atoms with E-state index >= 15 is 0 Å². The minimum Gasteiger partial charge on any atom is -0.468 e. The second-order valence-electron chi connectivity index (χ2n) is 6.27. The maximum Gasteiger partial charge on any atom is 0.258 e. The number of fused-ring (bicyclic) bond motifs is 1. The minimum absolute atomic E-state index is 0.0496. The maximum absolute atomic E-state index is 11.8. The van der Waals surface area contributed by atoms with E-state index in [-0.39, 0.29) is 18.1 Å². The molecule has 0 aliphatic heterocycles. The summed E-state index contributed by atoms with van der Waals surface area (Å²) in [5, 5.41) is 8.23. The largest absolute Gasteiger partial charge is 0.468 e. The maximum atomic E-state index is 11.8. The van der Waals surface area contributed by atoms with Gasteiger partial charge >= 0.3 is 0 Å². The number of pyridine rings is 1. The Hall–Kier alpha value is -2.11. The highest BCUT2D eigenvalue weighted by Gasteiger charge is 2.15. The molecule has 21 heavy (non-hydrogen) atoms. The van der Waals surface area contributed by atoms with E-state index in [1.165, 1.54) is 0 Å². The van der Waals surface area contributed by atoms with Crippen LogP contribution in [0.2, 0.25) is 0 Å². The van der Waals surface area contributed by atoms with Crippen LogP contribution in [0.5, 0.6) is 5.88 Å². The van der Waals surface area contributed by atoms with Crippen LogP contribution < -0.4 is 10.1 Å². The average Bonchev–Trinajstić information content (AvgIpc) is 2.60. The normalized spacial score (nSPS) is 11.7. The summed E-state index contributed by atoms with van der Waals surface area (Å²) in [6.07, 6.45) is 0. The zero-order chi connectivity index (χ0) is 15.8. The Kier molecular flexibility index (Phi) is 3.89. The molecule has 0 aliphatic carbocycles. The topological polar surface area (TPSA) is 69.0 Å². The smallest absolute Gasteiger partial charge is 0.258 e. The molecule has 0 aliphatic rings. The van der Waals surface area contributed by atoms with Gasteiger partial charge in [-0.2, -0.15) is 10.1 Å². The van der Waals surface area contributed by atoms with Gasteiger partial charge in [0.2, 0.25) is 5.88 Å². The summed E-state index contributed by atoms with van der Waals surface area (Å²) in [6, 6.07) is 1.83. The van der Waals surface area contributed by atoms with Gasteiger partial charge in [-0.05, 0) is 40.2 Å². The second-order valence-corrected chi connectivity index (χ2v) is 6.27. The zero-order valence-corrected chi connectivity index (χ0v) is 13.4. The first-order valence-corrected chi connectivity index (χ1v) is 6.92. The Morgan fingerprint density at radius 1 is 1.38 bits per heavy atom. The number of rotatable bonds is 3. The average molecular weight is 290 g/mol. The van der Waals surface area contributed by atoms with Crippen molar-refractivity contribution in [1.82, 2.24) is 20.1 Å². The molecule has 0 fully saturated rings. The van der Waals surface area contributed by atoms with E-state index < -0.39 is 0 Å².